The summed E-state index contributed by atoms with van der Waals surface area (Å²) in [5.74, 6) is 0.951. The molecule has 25 heavy (non-hydrogen) atoms. The molecule has 7 nitrogen and oxygen atoms in total. The number of ether oxygens (including phenoxy) is 1. The normalized spacial score (nSPS) is 22.2. The lowest BCUT2D eigenvalue weighted by atomic mass is 9.82. The van der Waals surface area contributed by atoms with Crippen LogP contribution in [0.1, 0.15) is 37.0 Å². The van der Waals surface area contributed by atoms with Crippen LogP contribution in [-0.4, -0.2) is 43.1 Å². The number of piperidine rings is 1. The number of nitrogens with zero attached hydrogens (tertiary/aromatic N) is 3. The molecular weight excluding hydrogens is 342 g/mol. The standard InChI is InChI=1S/C17H23N3O4S/c1-17(16-18-15(11-23-2)24-19-16)9-6-10-20(13-17)25(21,22)12-14-7-4-3-5-8-14/h3-5,7-8H,6,9-13H2,1-2H3. The number of hydrogen-bond donors (Lipinski definition) is 0. The number of hydrogen-bond acceptors (Lipinski definition) is 6. The molecule has 1 atom stereocenters. The van der Waals surface area contributed by atoms with Gasteiger partial charge in [-0.1, -0.05) is 42.4 Å². The minimum absolute atomic E-state index is 0.00505. The van der Waals surface area contributed by atoms with Crippen LogP contribution in [-0.2, 0) is 32.5 Å². The molecule has 0 N–H and O–H groups in total. The first kappa shape index (κ1) is 18.0. The maximum atomic E-state index is 12.8. The molecule has 1 aliphatic rings. The molecule has 0 saturated carbocycles. The third-order valence-corrected chi connectivity index (χ3v) is 6.32. The van der Waals surface area contributed by atoms with Crippen LogP contribution in [0, 0.1) is 0 Å². The molecule has 1 fully saturated rings. The van der Waals surface area contributed by atoms with Gasteiger partial charge in [-0.2, -0.15) is 4.98 Å². The van der Waals surface area contributed by atoms with Crippen molar-refractivity contribution >= 4 is 10.0 Å². The lowest BCUT2D eigenvalue weighted by Crippen LogP contribution is -2.47. The van der Waals surface area contributed by atoms with E-state index in [0.717, 1.165) is 18.4 Å². The Kier molecular flexibility index (Phi) is 5.21. The minimum atomic E-state index is -3.40. The zero-order chi connectivity index (χ0) is 17.9. The average Bonchev–Trinajstić information content (AvgIpc) is 3.05. The third-order valence-electron chi connectivity index (χ3n) is 4.52. The van der Waals surface area contributed by atoms with Crippen molar-refractivity contribution in [2.45, 2.75) is 37.5 Å². The van der Waals surface area contributed by atoms with E-state index >= 15 is 0 Å². The smallest absolute Gasteiger partial charge is 0.252 e. The predicted molar refractivity (Wildman–Crippen MR) is 92.2 cm³/mol. The first-order valence-electron chi connectivity index (χ1n) is 8.27. The lowest BCUT2D eigenvalue weighted by Gasteiger charge is -2.37. The Bertz CT molecular complexity index is 806. The van der Waals surface area contributed by atoms with Crippen LogP contribution in [0.15, 0.2) is 34.9 Å². The van der Waals surface area contributed by atoms with Crippen molar-refractivity contribution in [2.24, 2.45) is 0 Å². The lowest BCUT2D eigenvalue weighted by molar-refractivity contribution is 0.151. The fraction of sp³-hybridized carbons (Fsp3) is 0.529. The van der Waals surface area contributed by atoms with Gasteiger partial charge in [-0.25, -0.2) is 12.7 Å². The van der Waals surface area contributed by atoms with Gasteiger partial charge in [-0.15, -0.1) is 0 Å². The Morgan fingerprint density at radius 2 is 2.08 bits per heavy atom. The first-order valence-corrected chi connectivity index (χ1v) is 9.88. The van der Waals surface area contributed by atoms with Gasteiger partial charge in [-0.05, 0) is 18.4 Å². The second-order valence-electron chi connectivity index (χ2n) is 6.68. The monoisotopic (exact) mass is 365 g/mol. The minimum Gasteiger partial charge on any atom is -0.375 e. The van der Waals surface area contributed by atoms with Crippen molar-refractivity contribution in [1.82, 2.24) is 14.4 Å². The third kappa shape index (κ3) is 4.08. The zero-order valence-electron chi connectivity index (χ0n) is 14.5. The highest BCUT2D eigenvalue weighted by molar-refractivity contribution is 7.88. The average molecular weight is 365 g/mol. The summed E-state index contributed by atoms with van der Waals surface area (Å²) in [5.41, 5.74) is 0.328. The van der Waals surface area contributed by atoms with Crippen LogP contribution < -0.4 is 0 Å². The second-order valence-corrected chi connectivity index (χ2v) is 8.65. The number of rotatable bonds is 6. The van der Waals surface area contributed by atoms with E-state index in [1.165, 1.54) is 0 Å². The van der Waals surface area contributed by atoms with Crippen LogP contribution in [0.4, 0.5) is 0 Å². The maximum absolute atomic E-state index is 12.8. The van der Waals surface area contributed by atoms with E-state index in [-0.39, 0.29) is 12.4 Å². The van der Waals surface area contributed by atoms with Crippen LogP contribution in [0.3, 0.4) is 0 Å². The van der Waals surface area contributed by atoms with E-state index in [0.29, 0.717) is 24.8 Å². The van der Waals surface area contributed by atoms with E-state index in [2.05, 4.69) is 10.1 Å². The van der Waals surface area contributed by atoms with Crippen molar-refractivity contribution in [1.29, 1.82) is 0 Å². The zero-order valence-corrected chi connectivity index (χ0v) is 15.3. The van der Waals surface area contributed by atoms with E-state index in [4.69, 9.17) is 9.26 Å². The molecule has 8 heteroatoms. The van der Waals surface area contributed by atoms with Crippen molar-refractivity contribution in [3.8, 4) is 0 Å². The number of benzene rings is 1. The van der Waals surface area contributed by atoms with E-state index in [1.54, 1.807) is 11.4 Å². The maximum Gasteiger partial charge on any atom is 0.252 e. The highest BCUT2D eigenvalue weighted by Crippen LogP contribution is 2.33. The Morgan fingerprint density at radius 1 is 1.32 bits per heavy atom. The molecular formula is C17H23N3O4S. The molecule has 1 saturated heterocycles. The van der Waals surface area contributed by atoms with Crippen LogP contribution in [0.25, 0.3) is 0 Å². The van der Waals surface area contributed by atoms with Crippen molar-refractivity contribution in [3.05, 3.63) is 47.6 Å². The van der Waals surface area contributed by atoms with E-state index in [1.807, 2.05) is 37.3 Å². The fourth-order valence-corrected chi connectivity index (χ4v) is 4.86. The largest absolute Gasteiger partial charge is 0.375 e. The van der Waals surface area contributed by atoms with Gasteiger partial charge in [0, 0.05) is 25.6 Å². The van der Waals surface area contributed by atoms with Crippen molar-refractivity contribution < 1.29 is 17.7 Å². The molecule has 1 aromatic heterocycles. The molecule has 0 radical (unpaired) electrons. The molecule has 0 spiro atoms. The molecule has 2 aromatic rings. The summed E-state index contributed by atoms with van der Waals surface area (Å²) < 4.78 is 37.4. The Morgan fingerprint density at radius 3 is 2.80 bits per heavy atom. The molecule has 0 amide bonds. The first-order chi connectivity index (χ1) is 11.9. The Labute approximate surface area is 148 Å². The molecule has 0 bridgehead atoms. The van der Waals surface area contributed by atoms with Crippen LogP contribution in [0.2, 0.25) is 0 Å². The molecule has 2 heterocycles. The summed E-state index contributed by atoms with van der Waals surface area (Å²) in [5, 5.41) is 4.04. The topological polar surface area (TPSA) is 85.5 Å². The summed E-state index contributed by atoms with van der Waals surface area (Å²) in [6.45, 7) is 3.11. The fourth-order valence-electron chi connectivity index (χ4n) is 3.17. The van der Waals surface area contributed by atoms with Gasteiger partial charge in [0.15, 0.2) is 5.82 Å². The van der Waals surface area contributed by atoms with Crippen LogP contribution >= 0.6 is 0 Å². The molecule has 1 aromatic carbocycles. The van der Waals surface area contributed by atoms with Gasteiger partial charge in [0.05, 0.1) is 5.75 Å². The number of methoxy groups -OCH3 is 1. The number of aromatic nitrogens is 2. The van der Waals surface area contributed by atoms with Gasteiger partial charge >= 0.3 is 0 Å². The number of sulfonamides is 1. The highest BCUT2D eigenvalue weighted by atomic mass is 32.2. The summed E-state index contributed by atoms with van der Waals surface area (Å²) in [7, 11) is -1.84. The van der Waals surface area contributed by atoms with Gasteiger partial charge in [-0.3, -0.25) is 0 Å². The predicted octanol–water partition coefficient (Wildman–Crippen LogP) is 2.10. The molecule has 1 aliphatic heterocycles. The van der Waals surface area contributed by atoms with Gasteiger partial charge in [0.2, 0.25) is 10.0 Å². The van der Waals surface area contributed by atoms with Crippen molar-refractivity contribution in [2.75, 3.05) is 20.2 Å². The van der Waals surface area contributed by atoms with Gasteiger partial charge in [0.25, 0.3) is 5.89 Å². The Balaban J connectivity index is 1.77. The van der Waals surface area contributed by atoms with Gasteiger partial charge < -0.3 is 9.26 Å². The quantitative estimate of drug-likeness (QED) is 0.779. The molecule has 0 aliphatic carbocycles. The Hall–Kier alpha value is -1.77. The SMILES string of the molecule is COCc1nc(C2(C)CCCN(S(=O)(=O)Cc3ccccc3)C2)no1. The molecule has 1 unspecified atom stereocenters. The summed E-state index contributed by atoms with van der Waals surface area (Å²) in [6, 6.07) is 9.24. The summed E-state index contributed by atoms with van der Waals surface area (Å²) in [6.07, 6.45) is 1.58. The highest BCUT2D eigenvalue weighted by Gasteiger charge is 2.40. The van der Waals surface area contributed by atoms with E-state index in [9.17, 15) is 8.42 Å². The second kappa shape index (κ2) is 7.23. The van der Waals surface area contributed by atoms with Crippen LogP contribution in [0.5, 0.6) is 0 Å². The molecule has 136 valence electrons. The van der Waals surface area contributed by atoms with Gasteiger partial charge in [0.1, 0.15) is 6.61 Å². The summed E-state index contributed by atoms with van der Waals surface area (Å²) in [4.78, 5) is 4.37. The van der Waals surface area contributed by atoms with E-state index < -0.39 is 15.4 Å². The summed E-state index contributed by atoms with van der Waals surface area (Å²) >= 11 is 0. The van der Waals surface area contributed by atoms with Crippen molar-refractivity contribution in [3.63, 3.8) is 0 Å². The molecule has 3 rings (SSSR count).